The summed E-state index contributed by atoms with van der Waals surface area (Å²) < 4.78 is 6.31. The highest BCUT2D eigenvalue weighted by Crippen LogP contribution is 2.14. The Morgan fingerprint density at radius 2 is 2.35 bits per heavy atom. The molecule has 0 aliphatic carbocycles. The topological polar surface area (TPSA) is 56.1 Å². The van der Waals surface area contributed by atoms with Gasteiger partial charge in [-0.25, -0.2) is 4.68 Å². The molecule has 0 fully saturated rings. The minimum atomic E-state index is -0.245. The van der Waals surface area contributed by atoms with Crippen molar-refractivity contribution in [3.63, 3.8) is 0 Å². The van der Waals surface area contributed by atoms with E-state index in [1.165, 1.54) is 4.68 Å². The Labute approximate surface area is 106 Å². The summed E-state index contributed by atoms with van der Waals surface area (Å²) in [6.07, 6.45) is 3.29. The van der Waals surface area contributed by atoms with Gasteiger partial charge in [-0.05, 0) is 12.8 Å². The van der Waals surface area contributed by atoms with Crippen LogP contribution < -0.4 is 10.9 Å². The van der Waals surface area contributed by atoms with Crippen molar-refractivity contribution in [2.45, 2.75) is 26.3 Å². The van der Waals surface area contributed by atoms with E-state index in [-0.39, 0.29) is 10.6 Å². The molecule has 0 bridgehead atoms. The number of aryl methyl sites for hydroxylation is 1. The molecule has 1 N–H and O–H groups in total. The molecule has 0 radical (unpaired) electrons. The Kier molecular flexibility index (Phi) is 6.00. The lowest BCUT2D eigenvalue weighted by Gasteiger charge is -2.09. The van der Waals surface area contributed by atoms with E-state index in [9.17, 15) is 4.79 Å². The number of methoxy groups -OCH3 is 1. The van der Waals surface area contributed by atoms with Crippen molar-refractivity contribution >= 4 is 17.3 Å². The average Bonchev–Trinajstić information content (AvgIpc) is 2.33. The number of nitrogens with zero attached hydrogens (tertiary/aromatic N) is 2. The first-order valence-corrected chi connectivity index (χ1v) is 6.07. The van der Waals surface area contributed by atoms with E-state index in [1.54, 1.807) is 13.3 Å². The van der Waals surface area contributed by atoms with Crippen LogP contribution in [0, 0.1) is 0 Å². The maximum absolute atomic E-state index is 11.8. The Bertz CT molecular complexity index is 406. The molecular formula is C11H18ClN3O2. The molecule has 0 saturated heterocycles. The lowest BCUT2D eigenvalue weighted by molar-refractivity contribution is 0.198. The van der Waals surface area contributed by atoms with Crippen LogP contribution in [0.2, 0.25) is 5.02 Å². The molecule has 0 saturated carbocycles. The van der Waals surface area contributed by atoms with Gasteiger partial charge in [0.1, 0.15) is 5.02 Å². The number of ether oxygens (including phenoxy) is 1. The third kappa shape index (κ3) is 4.02. The van der Waals surface area contributed by atoms with Gasteiger partial charge in [0.05, 0.1) is 11.9 Å². The number of anilines is 1. The summed E-state index contributed by atoms with van der Waals surface area (Å²) in [4.78, 5) is 11.8. The van der Waals surface area contributed by atoms with Crippen LogP contribution in [0.4, 0.5) is 5.69 Å². The molecule has 1 rings (SSSR count). The van der Waals surface area contributed by atoms with E-state index in [0.717, 1.165) is 12.8 Å². The summed E-state index contributed by atoms with van der Waals surface area (Å²) >= 11 is 5.98. The van der Waals surface area contributed by atoms with Crippen molar-refractivity contribution < 1.29 is 4.74 Å². The van der Waals surface area contributed by atoms with Gasteiger partial charge in [0.25, 0.3) is 5.56 Å². The first kappa shape index (κ1) is 14.0. The van der Waals surface area contributed by atoms with Crippen molar-refractivity contribution in [3.05, 3.63) is 21.6 Å². The van der Waals surface area contributed by atoms with Crippen LogP contribution in [0.1, 0.15) is 19.8 Å². The van der Waals surface area contributed by atoms with E-state index >= 15 is 0 Å². The van der Waals surface area contributed by atoms with Gasteiger partial charge in [-0.1, -0.05) is 18.5 Å². The van der Waals surface area contributed by atoms with Crippen LogP contribution in [-0.2, 0) is 11.3 Å². The van der Waals surface area contributed by atoms with Gasteiger partial charge in [-0.3, -0.25) is 4.79 Å². The molecule has 0 aliphatic heterocycles. The largest absolute Gasteiger partial charge is 0.385 e. The van der Waals surface area contributed by atoms with Gasteiger partial charge in [0.2, 0.25) is 0 Å². The van der Waals surface area contributed by atoms with E-state index in [4.69, 9.17) is 16.3 Å². The normalized spacial score (nSPS) is 10.5. The second kappa shape index (κ2) is 7.29. The van der Waals surface area contributed by atoms with Crippen LogP contribution in [0.3, 0.4) is 0 Å². The van der Waals surface area contributed by atoms with Gasteiger partial charge >= 0.3 is 0 Å². The summed E-state index contributed by atoms with van der Waals surface area (Å²) in [5, 5.41) is 7.32. The lowest BCUT2D eigenvalue weighted by atomic mass is 10.4. The van der Waals surface area contributed by atoms with Gasteiger partial charge < -0.3 is 10.1 Å². The fourth-order valence-electron chi connectivity index (χ4n) is 1.40. The molecule has 1 aromatic heterocycles. The smallest absolute Gasteiger partial charge is 0.287 e. The van der Waals surface area contributed by atoms with Crippen molar-refractivity contribution in [1.29, 1.82) is 0 Å². The quantitative estimate of drug-likeness (QED) is 0.758. The monoisotopic (exact) mass is 259 g/mol. The fourth-order valence-corrected chi connectivity index (χ4v) is 1.61. The van der Waals surface area contributed by atoms with Crippen molar-refractivity contribution in [3.8, 4) is 0 Å². The Morgan fingerprint density at radius 3 is 3.00 bits per heavy atom. The first-order chi connectivity index (χ1) is 8.20. The molecule has 0 atom stereocenters. The van der Waals surface area contributed by atoms with Crippen LogP contribution in [-0.4, -0.2) is 30.0 Å². The molecule has 0 amide bonds. The molecule has 6 heteroatoms. The molecule has 0 aliphatic rings. The summed E-state index contributed by atoms with van der Waals surface area (Å²) in [6.45, 7) is 3.94. The predicted molar refractivity (Wildman–Crippen MR) is 68.8 cm³/mol. The van der Waals surface area contributed by atoms with Crippen LogP contribution in [0.25, 0.3) is 0 Å². The number of aromatic nitrogens is 2. The summed E-state index contributed by atoms with van der Waals surface area (Å²) in [7, 11) is 1.65. The molecule has 1 heterocycles. The molecule has 0 unspecified atom stereocenters. The highest BCUT2D eigenvalue weighted by atomic mass is 35.5. The lowest BCUT2D eigenvalue weighted by Crippen LogP contribution is -2.24. The van der Waals surface area contributed by atoms with Gasteiger partial charge in [-0.2, -0.15) is 5.10 Å². The molecule has 5 nitrogen and oxygen atoms in total. The van der Waals surface area contributed by atoms with Crippen LogP contribution >= 0.6 is 11.6 Å². The second-order valence-electron chi connectivity index (χ2n) is 3.67. The van der Waals surface area contributed by atoms with E-state index in [2.05, 4.69) is 10.4 Å². The van der Waals surface area contributed by atoms with E-state index in [1.807, 2.05) is 6.92 Å². The van der Waals surface area contributed by atoms with E-state index in [0.29, 0.717) is 25.4 Å². The molecule has 1 aromatic rings. The fraction of sp³-hybridized carbons (Fsp3) is 0.636. The summed E-state index contributed by atoms with van der Waals surface area (Å²) in [5.74, 6) is 0. The third-order valence-electron chi connectivity index (χ3n) is 2.26. The van der Waals surface area contributed by atoms with Crippen LogP contribution in [0.5, 0.6) is 0 Å². The number of halogens is 1. The molecule has 0 spiro atoms. The number of rotatable bonds is 7. The zero-order valence-corrected chi connectivity index (χ0v) is 11.0. The highest BCUT2D eigenvalue weighted by molar-refractivity contribution is 6.32. The first-order valence-electron chi connectivity index (χ1n) is 5.69. The van der Waals surface area contributed by atoms with Crippen molar-refractivity contribution in [2.75, 3.05) is 25.6 Å². The maximum Gasteiger partial charge on any atom is 0.287 e. The number of nitrogens with one attached hydrogen (secondary N) is 1. The molecule has 0 aromatic carbocycles. The average molecular weight is 260 g/mol. The van der Waals surface area contributed by atoms with E-state index < -0.39 is 0 Å². The van der Waals surface area contributed by atoms with Crippen LogP contribution in [0.15, 0.2) is 11.0 Å². The summed E-state index contributed by atoms with van der Waals surface area (Å²) in [5.41, 5.74) is 0.338. The Balaban J connectivity index is 2.68. The Hall–Kier alpha value is -1.07. The predicted octanol–water partition coefficient (Wildman–Crippen LogP) is 1.76. The highest BCUT2D eigenvalue weighted by Gasteiger charge is 2.07. The zero-order valence-electron chi connectivity index (χ0n) is 10.2. The summed E-state index contributed by atoms with van der Waals surface area (Å²) in [6, 6.07) is 0. The zero-order chi connectivity index (χ0) is 12.7. The maximum atomic E-state index is 11.8. The Morgan fingerprint density at radius 1 is 1.59 bits per heavy atom. The standard InChI is InChI=1S/C11H18ClN3O2/c1-3-6-15-11(16)10(12)9(8-14-15)13-5-4-7-17-2/h8,13H,3-7H2,1-2H3. The third-order valence-corrected chi connectivity index (χ3v) is 2.63. The minimum Gasteiger partial charge on any atom is -0.385 e. The molecular weight excluding hydrogens is 242 g/mol. The van der Waals surface area contributed by atoms with Gasteiger partial charge in [-0.15, -0.1) is 0 Å². The van der Waals surface area contributed by atoms with Crippen molar-refractivity contribution in [1.82, 2.24) is 9.78 Å². The second-order valence-corrected chi connectivity index (χ2v) is 4.05. The van der Waals surface area contributed by atoms with Gasteiger partial charge in [0, 0.05) is 26.8 Å². The van der Waals surface area contributed by atoms with Gasteiger partial charge in [0.15, 0.2) is 0 Å². The number of hydrogen-bond acceptors (Lipinski definition) is 4. The minimum absolute atomic E-state index is 0.200. The molecule has 17 heavy (non-hydrogen) atoms. The number of hydrogen-bond donors (Lipinski definition) is 1. The SMILES string of the molecule is CCCn1ncc(NCCCOC)c(Cl)c1=O. The van der Waals surface area contributed by atoms with Crippen molar-refractivity contribution in [2.24, 2.45) is 0 Å². The molecule has 96 valence electrons.